The molecule has 0 bridgehead atoms. The lowest BCUT2D eigenvalue weighted by Crippen LogP contribution is -2.34. The van der Waals surface area contributed by atoms with Crippen LogP contribution in [0.1, 0.15) is 22.8 Å². The lowest BCUT2D eigenvalue weighted by Gasteiger charge is -2.18. The molecule has 3 aromatic rings. The average Bonchev–Trinajstić information content (AvgIpc) is 2.99. The number of aliphatic hydroxyl groups excluding tert-OH is 1. The summed E-state index contributed by atoms with van der Waals surface area (Å²) in [5.74, 6) is 5.92. The first-order valence-electron chi connectivity index (χ1n) is 9.06. The summed E-state index contributed by atoms with van der Waals surface area (Å²) in [4.78, 5) is 12.4. The predicted octanol–water partition coefficient (Wildman–Crippen LogP) is 2.65. The van der Waals surface area contributed by atoms with Crippen LogP contribution in [0, 0.1) is 0 Å². The van der Waals surface area contributed by atoms with Crippen molar-refractivity contribution in [2.45, 2.75) is 19.1 Å². The topological polar surface area (TPSA) is 110 Å². The van der Waals surface area contributed by atoms with Gasteiger partial charge in [0.15, 0.2) is 5.82 Å². The Kier molecular flexibility index (Phi) is 5.64. The van der Waals surface area contributed by atoms with E-state index in [0.29, 0.717) is 28.0 Å². The second-order valence-electron chi connectivity index (χ2n) is 7.02. The molecule has 160 valence electrons. The van der Waals surface area contributed by atoms with E-state index in [0.717, 1.165) is 12.1 Å². The molecule has 0 spiro atoms. The van der Waals surface area contributed by atoms with Crippen molar-refractivity contribution in [3.8, 4) is 5.69 Å². The van der Waals surface area contributed by atoms with Crippen LogP contribution in [0.5, 0.6) is 0 Å². The van der Waals surface area contributed by atoms with Crippen LogP contribution in [0.2, 0.25) is 0 Å². The van der Waals surface area contributed by atoms with E-state index in [-0.39, 0.29) is 18.2 Å². The van der Waals surface area contributed by atoms with Crippen LogP contribution in [0.25, 0.3) is 16.6 Å². The summed E-state index contributed by atoms with van der Waals surface area (Å²) >= 11 is 0. The van der Waals surface area contributed by atoms with Crippen molar-refractivity contribution in [3.05, 3.63) is 53.6 Å². The molecule has 3 rings (SSSR count). The van der Waals surface area contributed by atoms with E-state index in [9.17, 15) is 18.0 Å². The summed E-state index contributed by atoms with van der Waals surface area (Å²) in [6.45, 7) is 1.45. The first kappa shape index (κ1) is 21.5. The first-order valence-corrected chi connectivity index (χ1v) is 9.06. The number of fused-ring (bicyclic) bond motifs is 1. The number of carbonyl (C=O) groups is 1. The third-order valence-electron chi connectivity index (χ3n) is 4.68. The fourth-order valence-electron chi connectivity index (χ4n) is 3.20. The largest absolute Gasteiger partial charge is 0.416 e. The van der Waals surface area contributed by atoms with Gasteiger partial charge in [-0.25, -0.2) is 5.84 Å². The van der Waals surface area contributed by atoms with Gasteiger partial charge in [0.25, 0.3) is 5.91 Å². The van der Waals surface area contributed by atoms with Gasteiger partial charge in [-0.15, -0.1) is 0 Å². The minimum absolute atomic E-state index is 0.206. The van der Waals surface area contributed by atoms with Gasteiger partial charge in [-0.05, 0) is 49.4 Å². The van der Waals surface area contributed by atoms with Crippen molar-refractivity contribution in [3.63, 3.8) is 0 Å². The molecule has 0 saturated carbocycles. The molecule has 1 amide bonds. The number of hydrogen-bond acceptors (Lipinski definition) is 5. The minimum atomic E-state index is -4.45. The Bertz CT molecular complexity index is 1070. The number of nitrogens with one attached hydrogen (secondary N) is 1. The van der Waals surface area contributed by atoms with Gasteiger partial charge < -0.3 is 16.2 Å². The average molecular weight is 421 g/mol. The monoisotopic (exact) mass is 421 g/mol. The zero-order valence-electron chi connectivity index (χ0n) is 16.4. The van der Waals surface area contributed by atoms with E-state index in [1.807, 2.05) is 0 Å². The number of nitrogens with zero attached hydrogens (tertiary/aromatic N) is 2. The maximum Gasteiger partial charge on any atom is 0.416 e. The normalized spacial score (nSPS) is 12.8. The Morgan fingerprint density at radius 3 is 2.40 bits per heavy atom. The van der Waals surface area contributed by atoms with Gasteiger partial charge >= 0.3 is 6.18 Å². The van der Waals surface area contributed by atoms with E-state index in [4.69, 9.17) is 16.7 Å². The molecule has 1 heterocycles. The molecule has 1 unspecified atom stereocenters. The highest BCUT2D eigenvalue weighted by Gasteiger charge is 2.30. The zero-order valence-corrected chi connectivity index (χ0v) is 16.4. The van der Waals surface area contributed by atoms with Crippen LogP contribution in [-0.4, -0.2) is 35.3 Å². The van der Waals surface area contributed by atoms with Crippen molar-refractivity contribution in [2.24, 2.45) is 5.84 Å². The van der Waals surface area contributed by atoms with Gasteiger partial charge in [-0.2, -0.15) is 13.2 Å². The third-order valence-corrected chi connectivity index (χ3v) is 4.68. The van der Waals surface area contributed by atoms with Crippen molar-refractivity contribution < 1.29 is 23.1 Å². The van der Waals surface area contributed by atoms with Crippen LogP contribution in [0.4, 0.5) is 24.7 Å². The van der Waals surface area contributed by atoms with Crippen LogP contribution in [-0.2, 0) is 6.18 Å². The van der Waals surface area contributed by atoms with Gasteiger partial charge in [0, 0.05) is 29.7 Å². The van der Waals surface area contributed by atoms with Gasteiger partial charge in [0.2, 0.25) is 0 Å². The molecule has 2 aromatic carbocycles. The van der Waals surface area contributed by atoms with E-state index in [1.165, 1.54) is 17.1 Å². The molecule has 6 N–H and O–H groups in total. The van der Waals surface area contributed by atoms with Crippen LogP contribution < -0.4 is 21.9 Å². The zero-order chi connectivity index (χ0) is 22.2. The smallest absolute Gasteiger partial charge is 0.395 e. The molecular formula is C20H22F3N5O2. The number of benzene rings is 2. The number of halogens is 3. The number of nitrogens with two attached hydrogens (primary N) is 2. The molecule has 0 radical (unpaired) electrons. The molecule has 0 aliphatic carbocycles. The van der Waals surface area contributed by atoms with Crippen LogP contribution in [0.15, 0.2) is 42.5 Å². The molecule has 1 aromatic heterocycles. The van der Waals surface area contributed by atoms with Crippen molar-refractivity contribution >= 4 is 28.3 Å². The number of rotatable bonds is 5. The number of hydrazine groups is 1. The fraction of sp³-hybridized carbons (Fsp3) is 0.250. The second kappa shape index (κ2) is 7.88. The Balaban J connectivity index is 2.14. The summed E-state index contributed by atoms with van der Waals surface area (Å²) in [6, 6.07) is 9.00. The van der Waals surface area contributed by atoms with Gasteiger partial charge in [0.05, 0.1) is 23.4 Å². The van der Waals surface area contributed by atoms with Crippen molar-refractivity contribution in [1.82, 2.24) is 9.88 Å². The van der Waals surface area contributed by atoms with Crippen LogP contribution >= 0.6 is 0 Å². The Hall–Kier alpha value is -3.24. The van der Waals surface area contributed by atoms with Crippen molar-refractivity contribution in [1.29, 1.82) is 0 Å². The third kappa shape index (κ3) is 3.91. The van der Waals surface area contributed by atoms with E-state index >= 15 is 0 Å². The van der Waals surface area contributed by atoms with Gasteiger partial charge in [-0.3, -0.25) is 14.4 Å². The molecule has 0 saturated heterocycles. The molecule has 0 aliphatic heterocycles. The van der Waals surface area contributed by atoms with E-state index in [2.05, 4.69) is 5.32 Å². The molecule has 0 fully saturated rings. The van der Waals surface area contributed by atoms with E-state index in [1.54, 1.807) is 36.7 Å². The number of anilines is 2. The van der Waals surface area contributed by atoms with Crippen LogP contribution in [0.3, 0.4) is 0 Å². The fourth-order valence-corrected chi connectivity index (χ4v) is 3.20. The highest BCUT2D eigenvalue weighted by Crippen LogP contribution is 2.38. The Labute approximate surface area is 170 Å². The number of alkyl halides is 3. The standard InChI is InChI=1S/C20H22F3N5O2/c1-11(10-29)26-18(30)12-3-8-16-15(9-12)17(24)19(27(2)25)28(16)14-6-4-13(5-7-14)20(21,22)23/h3-9,11,29H,10,24-25H2,1-2H3,(H,26,30). The molecular weight excluding hydrogens is 399 g/mol. The second-order valence-corrected chi connectivity index (χ2v) is 7.02. The summed E-state index contributed by atoms with van der Waals surface area (Å²) in [7, 11) is 1.56. The first-order chi connectivity index (χ1) is 14.0. The quantitative estimate of drug-likeness (QED) is 0.374. The Morgan fingerprint density at radius 1 is 1.23 bits per heavy atom. The number of hydrogen-bond donors (Lipinski definition) is 4. The summed E-state index contributed by atoms with van der Waals surface area (Å²) < 4.78 is 40.4. The lowest BCUT2D eigenvalue weighted by atomic mass is 10.1. The minimum Gasteiger partial charge on any atom is -0.395 e. The maximum absolute atomic E-state index is 12.9. The molecule has 30 heavy (non-hydrogen) atoms. The lowest BCUT2D eigenvalue weighted by molar-refractivity contribution is -0.137. The summed E-state index contributed by atoms with van der Waals surface area (Å²) in [5.41, 5.74) is 7.12. The number of aliphatic hydroxyl groups is 1. The molecule has 0 aliphatic rings. The number of amides is 1. The number of carbonyl (C=O) groups excluding carboxylic acids is 1. The summed E-state index contributed by atoms with van der Waals surface area (Å²) in [5, 5.41) is 13.5. The van der Waals surface area contributed by atoms with E-state index < -0.39 is 17.8 Å². The number of aromatic nitrogens is 1. The highest BCUT2D eigenvalue weighted by molar-refractivity contribution is 6.05. The van der Waals surface area contributed by atoms with Crippen molar-refractivity contribution in [2.75, 3.05) is 24.4 Å². The molecule has 1 atom stereocenters. The number of nitrogen functional groups attached to an aromatic ring is 1. The van der Waals surface area contributed by atoms with Gasteiger partial charge in [0.1, 0.15) is 0 Å². The molecule has 10 heteroatoms. The summed E-state index contributed by atoms with van der Waals surface area (Å²) in [6.07, 6.45) is -4.45. The maximum atomic E-state index is 12.9. The van der Waals surface area contributed by atoms with Gasteiger partial charge in [-0.1, -0.05) is 0 Å². The SMILES string of the molecule is CC(CO)NC(=O)c1ccc2c(c1)c(N)c(N(C)N)n2-c1ccc(C(F)(F)F)cc1. The Morgan fingerprint density at radius 2 is 1.87 bits per heavy atom. The highest BCUT2D eigenvalue weighted by atomic mass is 19.4. The predicted molar refractivity (Wildman–Crippen MR) is 109 cm³/mol. The molecule has 7 nitrogen and oxygen atoms in total.